The van der Waals surface area contributed by atoms with E-state index in [2.05, 4.69) is 26.1 Å². The van der Waals surface area contributed by atoms with Gasteiger partial charge in [-0.1, -0.05) is 26.0 Å². The largest absolute Gasteiger partial charge is 1.00 e. The summed E-state index contributed by atoms with van der Waals surface area (Å²) in [6.45, 7) is 6.48. The summed E-state index contributed by atoms with van der Waals surface area (Å²) < 4.78 is 31.6. The molecule has 2 aromatic carbocycles. The molecule has 108 valence electrons. The number of anilines is 1. The number of rotatable bonds is 1. The van der Waals surface area contributed by atoms with Crippen LogP contribution in [-0.2, 0) is 15.5 Å². The van der Waals surface area contributed by atoms with Gasteiger partial charge >= 0.3 is 51.4 Å². The molecule has 1 aliphatic heterocycles. The van der Waals surface area contributed by atoms with Crippen molar-refractivity contribution in [3.63, 3.8) is 0 Å². The predicted octanol–water partition coefficient (Wildman–Crippen LogP) is 0.295. The van der Waals surface area contributed by atoms with Crippen LogP contribution in [0.2, 0.25) is 0 Å². The second-order valence-electron chi connectivity index (χ2n) is 5.93. The summed E-state index contributed by atoms with van der Waals surface area (Å²) in [5, 5.41) is 5.30. The van der Waals surface area contributed by atoms with Gasteiger partial charge < -0.3 is 6.74 Å². The first-order chi connectivity index (χ1) is 9.21. The summed E-state index contributed by atoms with van der Waals surface area (Å²) >= 11 is 0. The fraction of sp³-hybridized carbons (Fsp3) is 0.333. The van der Waals surface area contributed by atoms with Gasteiger partial charge in [-0.3, -0.25) is 4.55 Å². The van der Waals surface area contributed by atoms with Crippen LogP contribution in [0.4, 0.5) is 5.69 Å². The van der Waals surface area contributed by atoms with E-state index in [1.165, 1.54) is 17.7 Å². The minimum atomic E-state index is -4.16. The molecule has 2 N–H and O–H groups in total. The Labute approximate surface area is 169 Å². The Morgan fingerprint density at radius 3 is 2.52 bits per heavy atom. The van der Waals surface area contributed by atoms with Crippen LogP contribution < -0.4 is 56.7 Å². The van der Waals surface area contributed by atoms with Crippen LogP contribution in [0.5, 0.6) is 0 Å². The van der Waals surface area contributed by atoms with Gasteiger partial charge in [-0.05, 0) is 41.5 Å². The van der Waals surface area contributed by atoms with Crippen molar-refractivity contribution in [1.29, 1.82) is 0 Å². The topological polar surface area (TPSA) is 66.4 Å². The maximum absolute atomic E-state index is 11.2. The molecule has 0 aromatic heterocycles. The zero-order valence-electron chi connectivity index (χ0n) is 13.6. The Kier molecular flexibility index (Phi) is 4.64. The van der Waals surface area contributed by atoms with E-state index in [1.54, 1.807) is 6.07 Å². The molecular weight excluding hydrogens is 313 g/mol. The van der Waals surface area contributed by atoms with Crippen LogP contribution in [-0.4, -0.2) is 19.0 Å². The standard InChI is InChI=1S/C15H17NO3S.K.H/c1-9-15(2,3)14-12-6-5-11(20(17,18)19)8-10(12)4-7-13(14)16-9;;/h4-9,16H,1-3H3,(H,17,18,19);;/q;+1;-1. The van der Waals surface area contributed by atoms with E-state index in [0.717, 1.165) is 16.5 Å². The fourth-order valence-corrected chi connectivity index (χ4v) is 3.43. The van der Waals surface area contributed by atoms with E-state index in [-0.39, 0.29) is 63.1 Å². The molecule has 6 heteroatoms. The third kappa shape index (κ3) is 2.83. The van der Waals surface area contributed by atoms with Gasteiger partial charge in [0.15, 0.2) is 0 Å². The monoisotopic (exact) mass is 331 g/mol. The molecule has 0 saturated heterocycles. The number of hydrogen-bond acceptors (Lipinski definition) is 3. The van der Waals surface area contributed by atoms with Crippen LogP contribution in [0.15, 0.2) is 35.2 Å². The van der Waals surface area contributed by atoms with Gasteiger partial charge in [0.25, 0.3) is 10.1 Å². The number of fused-ring (bicyclic) bond motifs is 3. The summed E-state index contributed by atoms with van der Waals surface area (Å²) in [5.41, 5.74) is 2.26. The number of nitrogens with one attached hydrogen (secondary N) is 1. The second-order valence-corrected chi connectivity index (χ2v) is 7.36. The Balaban J connectivity index is 0.00000121. The molecule has 0 spiro atoms. The van der Waals surface area contributed by atoms with E-state index in [0.29, 0.717) is 6.04 Å². The third-order valence-electron chi connectivity index (χ3n) is 4.39. The Hall–Kier alpha value is 0.0464. The van der Waals surface area contributed by atoms with E-state index >= 15 is 0 Å². The molecule has 0 amide bonds. The molecule has 0 saturated carbocycles. The molecule has 4 nitrogen and oxygen atoms in total. The van der Waals surface area contributed by atoms with Gasteiger partial charge in [-0.25, -0.2) is 0 Å². The minimum Gasteiger partial charge on any atom is -1.00 e. The van der Waals surface area contributed by atoms with Crippen LogP contribution in [0, 0.1) is 0 Å². The molecule has 1 unspecified atom stereocenters. The first kappa shape index (κ1) is 17.4. The average Bonchev–Trinajstić information content (AvgIpc) is 2.58. The Morgan fingerprint density at radius 1 is 1.24 bits per heavy atom. The van der Waals surface area contributed by atoms with Gasteiger partial charge in [0.1, 0.15) is 0 Å². The van der Waals surface area contributed by atoms with Crippen LogP contribution in [0.1, 0.15) is 27.8 Å². The summed E-state index contributed by atoms with van der Waals surface area (Å²) in [6.07, 6.45) is 0. The maximum atomic E-state index is 11.2. The average molecular weight is 331 g/mol. The van der Waals surface area contributed by atoms with Gasteiger partial charge in [0.2, 0.25) is 0 Å². The molecule has 0 bridgehead atoms. The van der Waals surface area contributed by atoms with Crippen LogP contribution >= 0.6 is 0 Å². The normalized spacial score (nSPS) is 19.7. The molecule has 0 aliphatic carbocycles. The predicted molar refractivity (Wildman–Crippen MR) is 81.0 cm³/mol. The molecular formula is C15H18KNO3S. The first-order valence-corrected chi connectivity index (χ1v) is 7.96. The quantitative estimate of drug-likeness (QED) is 0.582. The Bertz CT molecular complexity index is 821. The molecule has 21 heavy (non-hydrogen) atoms. The molecule has 2 aromatic rings. The smallest absolute Gasteiger partial charge is 1.00 e. The molecule has 1 atom stereocenters. The Morgan fingerprint density at radius 2 is 1.90 bits per heavy atom. The van der Waals surface area contributed by atoms with Crippen molar-refractivity contribution in [2.75, 3.05) is 5.32 Å². The zero-order chi connectivity index (χ0) is 14.7. The first-order valence-electron chi connectivity index (χ1n) is 6.52. The van der Waals surface area contributed by atoms with Gasteiger partial charge in [-0.2, -0.15) is 8.42 Å². The van der Waals surface area contributed by atoms with Crippen molar-refractivity contribution in [3.8, 4) is 0 Å². The van der Waals surface area contributed by atoms with E-state index < -0.39 is 10.1 Å². The van der Waals surface area contributed by atoms with Crippen LogP contribution in [0.3, 0.4) is 0 Å². The van der Waals surface area contributed by atoms with Gasteiger partial charge in [-0.15, -0.1) is 0 Å². The van der Waals surface area contributed by atoms with E-state index in [9.17, 15) is 8.42 Å². The van der Waals surface area contributed by atoms with Crippen molar-refractivity contribution in [1.82, 2.24) is 0 Å². The molecule has 3 rings (SSSR count). The SMILES string of the molecule is CC1Nc2ccc3cc(S(=O)(=O)O)ccc3c2C1(C)C.[H-].[K+]. The summed E-state index contributed by atoms with van der Waals surface area (Å²) in [6, 6.07) is 8.91. The van der Waals surface area contributed by atoms with Crippen molar-refractivity contribution in [3.05, 3.63) is 35.9 Å². The number of hydrogen-bond donors (Lipinski definition) is 2. The molecule has 0 fully saturated rings. The van der Waals surface area contributed by atoms with E-state index in [1.807, 2.05) is 12.1 Å². The molecule has 1 aliphatic rings. The minimum absolute atomic E-state index is 0. The van der Waals surface area contributed by atoms with Crippen molar-refractivity contribution in [2.24, 2.45) is 0 Å². The van der Waals surface area contributed by atoms with E-state index in [4.69, 9.17) is 4.55 Å². The summed E-state index contributed by atoms with van der Waals surface area (Å²) in [7, 11) is -4.16. The molecule has 0 radical (unpaired) electrons. The summed E-state index contributed by atoms with van der Waals surface area (Å²) in [5.74, 6) is 0. The number of benzene rings is 2. The zero-order valence-corrected chi connectivity index (χ0v) is 16.6. The summed E-state index contributed by atoms with van der Waals surface area (Å²) in [4.78, 5) is -0.0678. The van der Waals surface area contributed by atoms with Crippen LogP contribution in [0.25, 0.3) is 10.8 Å². The van der Waals surface area contributed by atoms with Crippen molar-refractivity contribution >= 4 is 26.6 Å². The van der Waals surface area contributed by atoms with Gasteiger partial charge in [0, 0.05) is 17.1 Å². The maximum Gasteiger partial charge on any atom is 1.00 e. The fourth-order valence-electron chi connectivity index (χ4n) is 2.91. The van der Waals surface area contributed by atoms with Gasteiger partial charge in [0.05, 0.1) is 4.90 Å². The van der Waals surface area contributed by atoms with Crippen molar-refractivity contribution < 1.29 is 65.8 Å². The van der Waals surface area contributed by atoms with Crippen molar-refractivity contribution in [2.45, 2.75) is 37.1 Å². The second kappa shape index (κ2) is 5.60. The third-order valence-corrected chi connectivity index (χ3v) is 5.24. The molecule has 1 heterocycles.